The number of rotatable bonds is 11. The molecule has 0 aliphatic heterocycles. The summed E-state index contributed by atoms with van der Waals surface area (Å²) in [5.41, 5.74) is -1.29. The minimum atomic E-state index is -5.32. The molecular formula is C26H28F7N5O4. The first-order valence-corrected chi connectivity index (χ1v) is 13.1. The Morgan fingerprint density at radius 1 is 1.05 bits per heavy atom. The Labute approximate surface area is 235 Å². The van der Waals surface area contributed by atoms with Gasteiger partial charge in [-0.15, -0.1) is 13.2 Å². The van der Waals surface area contributed by atoms with E-state index < -0.39 is 71.6 Å². The molecule has 1 heterocycles. The first-order chi connectivity index (χ1) is 19.5. The van der Waals surface area contributed by atoms with Crippen LogP contribution in [0.15, 0.2) is 24.4 Å². The van der Waals surface area contributed by atoms with E-state index in [0.29, 0.717) is 12.1 Å². The zero-order valence-electron chi connectivity index (χ0n) is 22.4. The third kappa shape index (κ3) is 7.91. The van der Waals surface area contributed by atoms with Gasteiger partial charge >= 0.3 is 12.5 Å². The summed E-state index contributed by atoms with van der Waals surface area (Å²) in [5.74, 6) is -6.95. The van der Waals surface area contributed by atoms with Crippen LogP contribution < -0.4 is 20.7 Å². The van der Waals surface area contributed by atoms with Gasteiger partial charge in [-0.3, -0.25) is 19.1 Å². The van der Waals surface area contributed by atoms with Crippen LogP contribution in [0.25, 0.3) is 0 Å². The second-order valence-corrected chi connectivity index (χ2v) is 10.5. The van der Waals surface area contributed by atoms with Gasteiger partial charge < -0.3 is 20.7 Å². The summed E-state index contributed by atoms with van der Waals surface area (Å²) in [6.45, 7) is -0.779. The maximum absolute atomic E-state index is 15.2. The normalized spacial score (nSPS) is 17.0. The van der Waals surface area contributed by atoms with Gasteiger partial charge in [-0.1, -0.05) is 0 Å². The highest BCUT2D eigenvalue weighted by Gasteiger charge is 2.48. The molecule has 2 aliphatic carbocycles. The molecule has 9 nitrogen and oxygen atoms in total. The van der Waals surface area contributed by atoms with Crippen molar-refractivity contribution in [3.63, 3.8) is 0 Å². The van der Waals surface area contributed by atoms with E-state index in [-0.39, 0.29) is 23.4 Å². The summed E-state index contributed by atoms with van der Waals surface area (Å²) in [6, 6.07) is 1.26. The van der Waals surface area contributed by atoms with Gasteiger partial charge in [-0.25, -0.2) is 4.39 Å². The van der Waals surface area contributed by atoms with Crippen LogP contribution in [0.4, 0.5) is 36.4 Å². The average molecular weight is 608 g/mol. The Morgan fingerprint density at radius 3 is 2.17 bits per heavy atom. The monoisotopic (exact) mass is 607 g/mol. The number of carbonyl (C=O) groups excluding carboxylic acids is 3. The van der Waals surface area contributed by atoms with E-state index >= 15 is 4.39 Å². The number of hydrogen-bond donors (Lipinski definition) is 3. The molecule has 16 heteroatoms. The summed E-state index contributed by atoms with van der Waals surface area (Å²) in [7, 11) is 1.52. The van der Waals surface area contributed by atoms with Crippen molar-refractivity contribution < 1.29 is 49.9 Å². The molecule has 2 aliphatic rings. The maximum atomic E-state index is 15.2. The van der Waals surface area contributed by atoms with Crippen molar-refractivity contribution >= 4 is 23.4 Å². The lowest BCUT2D eigenvalue weighted by Gasteiger charge is -2.28. The Morgan fingerprint density at radius 2 is 1.67 bits per heavy atom. The van der Waals surface area contributed by atoms with E-state index in [1.54, 1.807) is 0 Å². The summed E-state index contributed by atoms with van der Waals surface area (Å²) in [6.07, 6.45) is -5.48. The molecule has 1 aromatic carbocycles. The minimum Gasteiger partial charge on any atom is -0.405 e. The summed E-state index contributed by atoms with van der Waals surface area (Å²) in [5, 5.41) is 10.4. The lowest BCUT2D eigenvalue weighted by Crippen LogP contribution is -2.50. The van der Waals surface area contributed by atoms with Crippen LogP contribution in [0.3, 0.4) is 0 Å². The molecule has 0 saturated heterocycles. The van der Waals surface area contributed by atoms with Gasteiger partial charge in [-0.05, 0) is 62.5 Å². The second kappa shape index (κ2) is 11.8. The fourth-order valence-electron chi connectivity index (χ4n) is 4.95. The number of hydrogen-bond acceptors (Lipinski definition) is 5. The largest absolute Gasteiger partial charge is 0.573 e. The predicted octanol–water partition coefficient (Wildman–Crippen LogP) is 4.41. The highest BCUT2D eigenvalue weighted by atomic mass is 19.4. The quantitative estimate of drug-likeness (QED) is 0.328. The van der Waals surface area contributed by atoms with Crippen LogP contribution in [0.5, 0.6) is 5.75 Å². The summed E-state index contributed by atoms with van der Waals surface area (Å²) < 4.78 is 97.6. The van der Waals surface area contributed by atoms with Gasteiger partial charge in [0, 0.05) is 24.9 Å². The average Bonchev–Trinajstić information content (AvgIpc) is 3.82. The number of halogens is 7. The zero-order valence-corrected chi connectivity index (χ0v) is 22.4. The van der Waals surface area contributed by atoms with Gasteiger partial charge in [0.1, 0.15) is 29.8 Å². The first-order valence-electron chi connectivity index (χ1n) is 13.1. The minimum absolute atomic E-state index is 0.118. The molecule has 42 heavy (non-hydrogen) atoms. The number of amides is 3. The zero-order chi connectivity index (χ0) is 31.0. The molecule has 0 radical (unpaired) electrons. The summed E-state index contributed by atoms with van der Waals surface area (Å²) >= 11 is 0. The molecule has 2 unspecified atom stereocenters. The molecule has 3 N–H and O–H groups in total. The van der Waals surface area contributed by atoms with E-state index in [1.165, 1.54) is 29.3 Å². The molecule has 2 aromatic rings. The number of alkyl halides is 6. The number of anilines is 1. The van der Waals surface area contributed by atoms with Gasteiger partial charge in [0.15, 0.2) is 0 Å². The number of ether oxygens (including phenoxy) is 1. The van der Waals surface area contributed by atoms with Crippen LogP contribution in [-0.4, -0.2) is 52.6 Å². The Balaban J connectivity index is 1.62. The van der Waals surface area contributed by atoms with Crippen LogP contribution in [0.1, 0.15) is 54.6 Å². The molecule has 0 bridgehead atoms. The molecule has 230 valence electrons. The lowest BCUT2D eigenvalue weighted by atomic mass is 9.88. The van der Waals surface area contributed by atoms with Crippen molar-refractivity contribution in [1.29, 1.82) is 0 Å². The third-order valence-electron chi connectivity index (χ3n) is 7.25. The van der Waals surface area contributed by atoms with Gasteiger partial charge in [0.25, 0.3) is 5.91 Å². The number of carbonyl (C=O) groups is 3. The van der Waals surface area contributed by atoms with E-state index in [0.717, 1.165) is 32.6 Å². The molecule has 4 rings (SSSR count). The highest BCUT2D eigenvalue weighted by Crippen LogP contribution is 2.51. The lowest BCUT2D eigenvalue weighted by molar-refractivity contribution is -0.275. The van der Waals surface area contributed by atoms with Gasteiger partial charge in [-0.2, -0.15) is 18.3 Å². The predicted molar refractivity (Wildman–Crippen MR) is 133 cm³/mol. The first kappa shape index (κ1) is 31.1. The van der Waals surface area contributed by atoms with Crippen molar-refractivity contribution in [2.45, 2.75) is 57.1 Å². The van der Waals surface area contributed by atoms with Crippen LogP contribution in [-0.2, 0) is 16.6 Å². The topological polar surface area (TPSA) is 114 Å². The fraction of sp³-hybridized carbons (Fsp3) is 0.538. The van der Waals surface area contributed by atoms with Crippen LogP contribution in [0, 0.1) is 23.6 Å². The van der Waals surface area contributed by atoms with Crippen LogP contribution >= 0.6 is 0 Å². The van der Waals surface area contributed by atoms with Crippen molar-refractivity contribution in [1.82, 2.24) is 20.4 Å². The Hall–Kier alpha value is -3.85. The Bertz CT molecular complexity index is 1320. The Kier molecular flexibility index (Phi) is 8.73. The van der Waals surface area contributed by atoms with E-state index in [1.807, 2.05) is 0 Å². The van der Waals surface area contributed by atoms with E-state index in [4.69, 9.17) is 0 Å². The molecule has 0 spiro atoms. The van der Waals surface area contributed by atoms with Gasteiger partial charge in [0.2, 0.25) is 11.8 Å². The number of aryl methyl sites for hydroxylation is 1. The SMILES string of the molecule is CC(C(=O)NCC(F)(F)F)c1cc(F)c(NC(=O)C(NC(=O)c2ccnn2C)C(C2CC2)C2CC2)cc1OC(F)(F)F. The van der Waals surface area contributed by atoms with Crippen molar-refractivity contribution in [3.8, 4) is 5.75 Å². The molecule has 2 saturated carbocycles. The van der Waals surface area contributed by atoms with E-state index in [2.05, 4.69) is 20.5 Å². The number of aromatic nitrogens is 2. The summed E-state index contributed by atoms with van der Waals surface area (Å²) in [4.78, 5) is 38.7. The van der Waals surface area contributed by atoms with Crippen LogP contribution in [0.2, 0.25) is 0 Å². The molecular weight excluding hydrogens is 579 g/mol. The maximum Gasteiger partial charge on any atom is 0.573 e. The van der Waals surface area contributed by atoms with Crippen molar-refractivity contribution in [2.75, 3.05) is 11.9 Å². The fourth-order valence-corrected chi connectivity index (χ4v) is 4.95. The standard InChI is InChI=1S/C26H28F7N5O4/c1-12(22(39)34-11-25(28,29)30)15-9-16(27)17(10-19(15)42-26(31,32)33)36-24(41)21(20(13-3-4-13)14-5-6-14)37-23(40)18-7-8-35-38(18)2/h7-10,12-14,20-21H,3-6,11H2,1-2H3,(H,34,39)(H,36,41)(H,37,40). The molecule has 1 aromatic heterocycles. The number of nitrogens with one attached hydrogen (secondary N) is 3. The van der Waals surface area contributed by atoms with E-state index in [9.17, 15) is 40.7 Å². The molecule has 3 amide bonds. The molecule has 2 fully saturated rings. The smallest absolute Gasteiger partial charge is 0.405 e. The third-order valence-corrected chi connectivity index (χ3v) is 7.25. The molecule has 2 atom stereocenters. The van der Waals surface area contributed by atoms with Crippen molar-refractivity contribution in [3.05, 3.63) is 41.5 Å². The van der Waals surface area contributed by atoms with Crippen molar-refractivity contribution in [2.24, 2.45) is 24.8 Å². The van der Waals surface area contributed by atoms with Gasteiger partial charge in [0.05, 0.1) is 11.6 Å². The number of nitrogens with zero attached hydrogens (tertiary/aromatic N) is 2. The highest BCUT2D eigenvalue weighted by molar-refractivity contribution is 6.01. The number of benzene rings is 1. The second-order valence-electron chi connectivity index (χ2n) is 10.5.